The minimum Gasteiger partial charge on any atom is -0.465 e. The lowest BCUT2D eigenvalue weighted by molar-refractivity contribution is -0.124. The first-order valence-corrected chi connectivity index (χ1v) is 10.1. The van der Waals surface area contributed by atoms with E-state index >= 15 is 0 Å². The van der Waals surface area contributed by atoms with Crippen molar-refractivity contribution in [3.63, 3.8) is 0 Å². The monoisotopic (exact) mass is 365 g/mol. The number of nitrogens with zero attached hydrogens (tertiary/aromatic N) is 1. The van der Waals surface area contributed by atoms with E-state index in [0.717, 1.165) is 38.5 Å². The van der Waals surface area contributed by atoms with E-state index in [1.165, 1.54) is 18.4 Å². The minimum atomic E-state index is -0.368. The lowest BCUT2D eigenvalue weighted by Crippen LogP contribution is -2.47. The molecule has 0 N–H and O–H groups in total. The third kappa shape index (κ3) is 4.06. The molecule has 0 unspecified atom stereocenters. The fourth-order valence-electron chi connectivity index (χ4n) is 3.88. The van der Waals surface area contributed by atoms with Gasteiger partial charge in [0.1, 0.15) is 4.88 Å². The van der Waals surface area contributed by atoms with Crippen LogP contribution in [0.3, 0.4) is 0 Å². The largest absolute Gasteiger partial charge is 0.465 e. The van der Waals surface area contributed by atoms with Crippen LogP contribution < -0.4 is 4.90 Å². The van der Waals surface area contributed by atoms with Crippen LogP contribution in [0.5, 0.6) is 0 Å². The van der Waals surface area contributed by atoms with Gasteiger partial charge in [-0.3, -0.25) is 4.79 Å². The molecular weight excluding hydrogens is 338 g/mol. The zero-order valence-electron chi connectivity index (χ0n) is 15.0. The van der Waals surface area contributed by atoms with Crippen molar-refractivity contribution in [2.45, 2.75) is 51.5 Å². The molecule has 25 heavy (non-hydrogen) atoms. The van der Waals surface area contributed by atoms with Gasteiger partial charge in [-0.2, -0.15) is 0 Å². The second kappa shape index (κ2) is 8.32. The van der Waals surface area contributed by atoms with Gasteiger partial charge in [0, 0.05) is 25.2 Å². The van der Waals surface area contributed by atoms with E-state index in [1.54, 1.807) is 0 Å². The van der Waals surface area contributed by atoms with E-state index < -0.39 is 0 Å². The predicted octanol–water partition coefficient (Wildman–Crippen LogP) is 3.87. The lowest BCUT2D eigenvalue weighted by atomic mass is 9.82. The average Bonchev–Trinajstić information content (AvgIpc) is 3.12. The second-order valence-electron chi connectivity index (χ2n) is 7.14. The Hall–Kier alpha value is -1.40. The highest BCUT2D eigenvalue weighted by Crippen LogP contribution is 2.36. The summed E-state index contributed by atoms with van der Waals surface area (Å²) in [6.45, 7) is 3.58. The first kappa shape index (κ1) is 18.4. The molecule has 1 aromatic heterocycles. The molecule has 0 aromatic carbocycles. The van der Waals surface area contributed by atoms with Gasteiger partial charge in [0.25, 0.3) is 0 Å². The number of rotatable bonds is 4. The van der Waals surface area contributed by atoms with E-state index in [9.17, 15) is 9.59 Å². The van der Waals surface area contributed by atoms with Crippen LogP contribution in [0.2, 0.25) is 0 Å². The van der Waals surface area contributed by atoms with Crippen LogP contribution in [0.1, 0.15) is 55.1 Å². The summed E-state index contributed by atoms with van der Waals surface area (Å²) in [5.41, 5.74) is 0.715. The van der Waals surface area contributed by atoms with Crippen molar-refractivity contribution in [2.24, 2.45) is 11.8 Å². The SMILES string of the molecule is COC(=O)c1sccc1N(C(=O)C1CCC(C)CC1)C1CCOCC1. The number of carbonyl (C=O) groups excluding carboxylic acids is 2. The Bertz CT molecular complexity index is 600. The molecule has 1 amide bonds. The van der Waals surface area contributed by atoms with Gasteiger partial charge in [-0.25, -0.2) is 4.79 Å². The van der Waals surface area contributed by atoms with Gasteiger partial charge in [-0.15, -0.1) is 11.3 Å². The van der Waals surface area contributed by atoms with E-state index in [0.29, 0.717) is 29.7 Å². The number of thiophene rings is 1. The predicted molar refractivity (Wildman–Crippen MR) is 98.1 cm³/mol. The average molecular weight is 365 g/mol. The summed E-state index contributed by atoms with van der Waals surface area (Å²) in [7, 11) is 1.38. The van der Waals surface area contributed by atoms with Crippen molar-refractivity contribution in [2.75, 3.05) is 25.2 Å². The molecule has 1 saturated heterocycles. The Balaban J connectivity index is 1.89. The van der Waals surface area contributed by atoms with Crippen LogP contribution in [0.15, 0.2) is 11.4 Å². The molecule has 1 saturated carbocycles. The van der Waals surface area contributed by atoms with Crippen molar-refractivity contribution in [3.05, 3.63) is 16.3 Å². The standard InChI is InChI=1S/C19H27NO4S/c1-13-3-5-14(6-4-13)18(21)20(15-7-10-24-11-8-15)16-9-12-25-17(16)19(22)23-2/h9,12-15H,3-8,10-11H2,1-2H3. The van der Waals surface area contributed by atoms with Crippen molar-refractivity contribution in [1.82, 2.24) is 0 Å². The van der Waals surface area contributed by atoms with Crippen LogP contribution >= 0.6 is 11.3 Å². The molecule has 0 spiro atoms. The van der Waals surface area contributed by atoms with Gasteiger partial charge in [-0.1, -0.05) is 6.92 Å². The van der Waals surface area contributed by atoms with Gasteiger partial charge in [0.15, 0.2) is 0 Å². The molecule has 0 atom stereocenters. The van der Waals surface area contributed by atoms with Gasteiger partial charge in [0.05, 0.1) is 12.8 Å². The molecule has 3 rings (SSSR count). The summed E-state index contributed by atoms with van der Waals surface area (Å²) in [6.07, 6.45) is 5.71. The third-order valence-electron chi connectivity index (χ3n) is 5.43. The molecule has 2 heterocycles. The molecule has 5 nitrogen and oxygen atoms in total. The first-order valence-electron chi connectivity index (χ1n) is 9.18. The quantitative estimate of drug-likeness (QED) is 0.760. The number of hydrogen-bond acceptors (Lipinski definition) is 5. The Morgan fingerprint density at radius 3 is 2.48 bits per heavy atom. The highest BCUT2D eigenvalue weighted by molar-refractivity contribution is 7.12. The maximum atomic E-state index is 13.4. The molecule has 1 aromatic rings. The highest BCUT2D eigenvalue weighted by atomic mass is 32.1. The van der Waals surface area contributed by atoms with Crippen LogP contribution in [0.4, 0.5) is 5.69 Å². The Morgan fingerprint density at radius 1 is 1.16 bits per heavy atom. The van der Waals surface area contributed by atoms with Gasteiger partial charge < -0.3 is 14.4 Å². The maximum Gasteiger partial charge on any atom is 0.350 e. The van der Waals surface area contributed by atoms with Crippen molar-refractivity contribution < 1.29 is 19.1 Å². The van der Waals surface area contributed by atoms with Gasteiger partial charge in [-0.05, 0) is 55.9 Å². The summed E-state index contributed by atoms with van der Waals surface area (Å²) < 4.78 is 10.4. The lowest BCUT2D eigenvalue weighted by Gasteiger charge is -2.37. The molecule has 0 bridgehead atoms. The summed E-state index contributed by atoms with van der Waals surface area (Å²) in [6, 6.07) is 1.98. The van der Waals surface area contributed by atoms with E-state index in [-0.39, 0.29) is 23.8 Å². The van der Waals surface area contributed by atoms with E-state index in [1.807, 2.05) is 16.3 Å². The molecular formula is C19H27NO4S. The van der Waals surface area contributed by atoms with E-state index in [4.69, 9.17) is 9.47 Å². The molecule has 2 fully saturated rings. The van der Waals surface area contributed by atoms with Crippen LogP contribution in [-0.4, -0.2) is 38.2 Å². The molecule has 0 radical (unpaired) electrons. The number of hydrogen-bond donors (Lipinski definition) is 0. The zero-order chi connectivity index (χ0) is 17.8. The molecule has 1 aliphatic carbocycles. The summed E-state index contributed by atoms with van der Waals surface area (Å²) >= 11 is 1.34. The Labute approximate surface area is 153 Å². The van der Waals surface area contributed by atoms with Crippen LogP contribution in [0, 0.1) is 11.8 Å². The van der Waals surface area contributed by atoms with Gasteiger partial charge >= 0.3 is 5.97 Å². The third-order valence-corrected chi connectivity index (χ3v) is 6.32. The highest BCUT2D eigenvalue weighted by Gasteiger charge is 2.36. The second-order valence-corrected chi connectivity index (χ2v) is 8.05. The normalized spacial score (nSPS) is 24.7. The van der Waals surface area contributed by atoms with Crippen LogP contribution in [0.25, 0.3) is 0 Å². The number of methoxy groups -OCH3 is 1. The fraction of sp³-hybridized carbons (Fsp3) is 0.684. The topological polar surface area (TPSA) is 55.8 Å². The number of carbonyl (C=O) groups is 2. The molecule has 1 aliphatic heterocycles. The fourth-order valence-corrected chi connectivity index (χ4v) is 4.68. The summed E-state index contributed by atoms with van der Waals surface area (Å²) in [4.78, 5) is 28.0. The zero-order valence-corrected chi connectivity index (χ0v) is 15.8. The molecule has 138 valence electrons. The minimum absolute atomic E-state index is 0.0597. The van der Waals surface area contributed by atoms with Crippen LogP contribution in [-0.2, 0) is 14.3 Å². The molecule has 2 aliphatic rings. The Kier molecular flexibility index (Phi) is 6.12. The number of anilines is 1. The van der Waals surface area contributed by atoms with E-state index in [2.05, 4.69) is 6.92 Å². The summed E-state index contributed by atoms with van der Waals surface area (Å²) in [5.74, 6) is 0.561. The Morgan fingerprint density at radius 2 is 1.84 bits per heavy atom. The first-order chi connectivity index (χ1) is 12.1. The van der Waals surface area contributed by atoms with Crippen molar-refractivity contribution in [3.8, 4) is 0 Å². The summed E-state index contributed by atoms with van der Waals surface area (Å²) in [5, 5.41) is 1.87. The van der Waals surface area contributed by atoms with Crippen molar-refractivity contribution in [1.29, 1.82) is 0 Å². The smallest absolute Gasteiger partial charge is 0.350 e. The number of ether oxygens (including phenoxy) is 2. The molecule has 6 heteroatoms. The van der Waals surface area contributed by atoms with Gasteiger partial charge in [0.2, 0.25) is 5.91 Å². The number of esters is 1. The maximum absolute atomic E-state index is 13.4. The number of amides is 1. The van der Waals surface area contributed by atoms with Crippen molar-refractivity contribution >= 4 is 28.9 Å².